The van der Waals surface area contributed by atoms with Gasteiger partial charge in [-0.1, -0.05) is 53.5 Å². The van der Waals surface area contributed by atoms with Crippen LogP contribution in [0.3, 0.4) is 0 Å². The second-order valence-corrected chi connectivity index (χ2v) is 10.7. The number of carbonyl (C=O) groups is 2. The van der Waals surface area contributed by atoms with Crippen LogP contribution in [-0.2, 0) is 17.9 Å². The molecule has 5 rings (SSSR count). The van der Waals surface area contributed by atoms with Crippen molar-refractivity contribution in [3.63, 3.8) is 0 Å². The number of halogens is 2. The molecule has 11 nitrogen and oxygen atoms in total. The van der Waals surface area contributed by atoms with Gasteiger partial charge >= 0.3 is 12.2 Å². The molecule has 0 bridgehead atoms. The van der Waals surface area contributed by atoms with Gasteiger partial charge in [0.05, 0.1) is 18.1 Å². The summed E-state index contributed by atoms with van der Waals surface area (Å²) in [5.74, 6) is 1.08. The zero-order chi connectivity index (χ0) is 30.3. The molecule has 2 aromatic carbocycles. The van der Waals surface area contributed by atoms with E-state index in [1.807, 2.05) is 41.3 Å². The SMILES string of the molecule is CN(Cc1cc(Oc2cnc(N3CCN(C(=O)O)CC3)nc2)nc(-c2cc(Cl)cc(Cl)c2)c1)C(=O)OCc1ccccc1. The van der Waals surface area contributed by atoms with E-state index in [0.29, 0.717) is 59.2 Å². The molecule has 2 aromatic heterocycles. The normalized spacial score (nSPS) is 13.0. The minimum Gasteiger partial charge on any atom is -0.465 e. The summed E-state index contributed by atoms with van der Waals surface area (Å²) in [6.45, 7) is 2.10. The van der Waals surface area contributed by atoms with Gasteiger partial charge < -0.3 is 29.3 Å². The van der Waals surface area contributed by atoms with Crippen LogP contribution in [0, 0.1) is 0 Å². The van der Waals surface area contributed by atoms with E-state index in [1.54, 1.807) is 31.3 Å². The predicted molar refractivity (Wildman–Crippen MR) is 162 cm³/mol. The summed E-state index contributed by atoms with van der Waals surface area (Å²) in [7, 11) is 1.65. The average molecular weight is 623 g/mol. The number of nitrogens with zero attached hydrogens (tertiary/aromatic N) is 6. The molecule has 1 N–H and O–H groups in total. The molecule has 43 heavy (non-hydrogen) atoms. The number of amides is 2. The Balaban J connectivity index is 1.33. The third-order valence-corrected chi connectivity index (χ3v) is 7.06. The van der Waals surface area contributed by atoms with Gasteiger partial charge in [0.15, 0.2) is 5.75 Å². The molecule has 0 saturated carbocycles. The molecular formula is C30H28Cl2N6O5. The fraction of sp³-hybridized carbons (Fsp3) is 0.233. The second kappa shape index (κ2) is 13.6. The third kappa shape index (κ3) is 8.02. The number of carbonyl (C=O) groups excluding carboxylic acids is 1. The number of anilines is 1. The smallest absolute Gasteiger partial charge is 0.410 e. The number of rotatable bonds is 8. The van der Waals surface area contributed by atoms with Crippen LogP contribution in [-0.4, -0.2) is 75.3 Å². The van der Waals surface area contributed by atoms with Crippen molar-refractivity contribution in [1.29, 1.82) is 0 Å². The average Bonchev–Trinajstić information content (AvgIpc) is 3.00. The third-order valence-electron chi connectivity index (χ3n) is 6.63. The Kier molecular flexibility index (Phi) is 9.43. The second-order valence-electron chi connectivity index (χ2n) is 9.83. The summed E-state index contributed by atoms with van der Waals surface area (Å²) < 4.78 is 11.5. The van der Waals surface area contributed by atoms with Crippen LogP contribution in [0.1, 0.15) is 11.1 Å². The molecule has 0 aliphatic carbocycles. The lowest BCUT2D eigenvalue weighted by atomic mass is 10.1. The van der Waals surface area contributed by atoms with E-state index >= 15 is 0 Å². The van der Waals surface area contributed by atoms with Gasteiger partial charge in [-0.3, -0.25) is 0 Å². The Labute approximate surface area is 258 Å². The number of ether oxygens (including phenoxy) is 2. The molecule has 2 amide bonds. The Hall–Kier alpha value is -4.61. The molecule has 0 atom stereocenters. The zero-order valence-electron chi connectivity index (χ0n) is 23.2. The van der Waals surface area contributed by atoms with Crippen molar-refractivity contribution in [3.8, 4) is 22.9 Å². The largest absolute Gasteiger partial charge is 0.465 e. The molecule has 4 aromatic rings. The van der Waals surface area contributed by atoms with E-state index in [9.17, 15) is 9.59 Å². The number of hydrogen-bond donors (Lipinski definition) is 1. The topological polar surface area (TPSA) is 121 Å². The summed E-state index contributed by atoms with van der Waals surface area (Å²) >= 11 is 12.5. The van der Waals surface area contributed by atoms with Crippen LogP contribution in [0.2, 0.25) is 10.0 Å². The molecule has 0 radical (unpaired) electrons. The Morgan fingerprint density at radius 2 is 1.60 bits per heavy atom. The highest BCUT2D eigenvalue weighted by Crippen LogP contribution is 2.30. The van der Waals surface area contributed by atoms with Crippen LogP contribution in [0.5, 0.6) is 11.6 Å². The van der Waals surface area contributed by atoms with Crippen molar-refractivity contribution in [3.05, 3.63) is 94.2 Å². The van der Waals surface area contributed by atoms with Gasteiger partial charge in [-0.25, -0.2) is 24.5 Å². The van der Waals surface area contributed by atoms with E-state index in [4.69, 9.17) is 37.8 Å². The van der Waals surface area contributed by atoms with Crippen LogP contribution in [0.15, 0.2) is 73.1 Å². The molecular weight excluding hydrogens is 595 g/mol. The summed E-state index contributed by atoms with van der Waals surface area (Å²) in [4.78, 5) is 42.1. The first kappa shape index (κ1) is 29.9. The van der Waals surface area contributed by atoms with Gasteiger partial charge in [0, 0.05) is 61.4 Å². The maximum atomic E-state index is 12.7. The van der Waals surface area contributed by atoms with Gasteiger partial charge in [0.2, 0.25) is 11.8 Å². The molecule has 0 spiro atoms. The number of hydrogen-bond acceptors (Lipinski definition) is 8. The van der Waals surface area contributed by atoms with E-state index < -0.39 is 12.2 Å². The molecule has 1 aliphatic rings. The van der Waals surface area contributed by atoms with Crippen LogP contribution >= 0.6 is 23.2 Å². The fourth-order valence-electron chi connectivity index (χ4n) is 4.46. The fourth-order valence-corrected chi connectivity index (χ4v) is 4.99. The first-order valence-electron chi connectivity index (χ1n) is 13.4. The van der Waals surface area contributed by atoms with Crippen molar-refractivity contribution < 1.29 is 24.2 Å². The Morgan fingerprint density at radius 1 is 0.930 bits per heavy atom. The van der Waals surface area contributed by atoms with Crippen LogP contribution in [0.25, 0.3) is 11.3 Å². The van der Waals surface area contributed by atoms with Crippen molar-refractivity contribution in [2.24, 2.45) is 0 Å². The Morgan fingerprint density at radius 3 is 2.26 bits per heavy atom. The Bertz CT molecular complexity index is 1560. The minimum atomic E-state index is -0.936. The lowest BCUT2D eigenvalue weighted by Gasteiger charge is -2.32. The van der Waals surface area contributed by atoms with E-state index in [0.717, 1.165) is 11.1 Å². The molecule has 222 valence electrons. The van der Waals surface area contributed by atoms with E-state index in [2.05, 4.69) is 15.0 Å². The van der Waals surface area contributed by atoms with Crippen molar-refractivity contribution in [1.82, 2.24) is 24.8 Å². The summed E-state index contributed by atoms with van der Waals surface area (Å²) in [5.41, 5.74) is 2.83. The van der Waals surface area contributed by atoms with E-state index in [-0.39, 0.29) is 19.0 Å². The minimum absolute atomic E-state index is 0.159. The van der Waals surface area contributed by atoms with Crippen LogP contribution in [0.4, 0.5) is 15.5 Å². The number of aromatic nitrogens is 3. The van der Waals surface area contributed by atoms with Gasteiger partial charge in [0.25, 0.3) is 0 Å². The summed E-state index contributed by atoms with van der Waals surface area (Å²) in [5, 5.41) is 10.1. The monoisotopic (exact) mass is 622 g/mol. The first-order chi connectivity index (χ1) is 20.7. The lowest BCUT2D eigenvalue weighted by Crippen LogP contribution is -2.48. The number of pyridine rings is 1. The molecule has 1 saturated heterocycles. The molecule has 0 unspecified atom stereocenters. The maximum Gasteiger partial charge on any atom is 0.410 e. The first-order valence-corrected chi connectivity index (χ1v) is 14.1. The molecule has 13 heteroatoms. The van der Waals surface area contributed by atoms with Crippen molar-refractivity contribution >= 4 is 41.3 Å². The maximum absolute atomic E-state index is 12.7. The van der Waals surface area contributed by atoms with Gasteiger partial charge in [-0.15, -0.1) is 0 Å². The van der Waals surface area contributed by atoms with Gasteiger partial charge in [-0.2, -0.15) is 0 Å². The van der Waals surface area contributed by atoms with Gasteiger partial charge in [0.1, 0.15) is 6.61 Å². The van der Waals surface area contributed by atoms with Crippen LogP contribution < -0.4 is 9.64 Å². The highest BCUT2D eigenvalue weighted by atomic mass is 35.5. The van der Waals surface area contributed by atoms with E-state index in [1.165, 1.54) is 22.2 Å². The summed E-state index contributed by atoms with van der Waals surface area (Å²) in [6.07, 6.45) is 1.64. The summed E-state index contributed by atoms with van der Waals surface area (Å²) in [6, 6.07) is 18.1. The predicted octanol–water partition coefficient (Wildman–Crippen LogP) is 6.21. The standard InChI is InChI=1S/C30H28Cl2N6O5/c1-36(30(41)42-19-20-5-3-2-4-6-20)18-21-11-26(22-13-23(31)15-24(32)14-22)35-27(12-21)43-25-16-33-28(34-17-25)37-7-9-38(10-8-37)29(39)40/h2-6,11-17H,7-10,18-19H2,1H3,(H,39,40). The molecule has 1 fully saturated rings. The zero-order valence-corrected chi connectivity index (χ0v) is 24.7. The highest BCUT2D eigenvalue weighted by Gasteiger charge is 2.22. The number of carboxylic acid groups (broad SMARTS) is 1. The van der Waals surface area contributed by atoms with Crippen molar-refractivity contribution in [2.75, 3.05) is 38.1 Å². The number of benzene rings is 2. The number of piperazine rings is 1. The lowest BCUT2D eigenvalue weighted by molar-refractivity contribution is 0.103. The quantitative estimate of drug-likeness (QED) is 0.244. The van der Waals surface area contributed by atoms with Crippen molar-refractivity contribution in [2.45, 2.75) is 13.2 Å². The molecule has 3 heterocycles. The highest BCUT2D eigenvalue weighted by molar-refractivity contribution is 6.35. The van der Waals surface area contributed by atoms with Gasteiger partial charge in [-0.05, 0) is 35.4 Å². The molecule has 1 aliphatic heterocycles.